The summed E-state index contributed by atoms with van der Waals surface area (Å²) in [5, 5.41) is 14.0. The molecule has 33 heavy (non-hydrogen) atoms. The van der Waals surface area contributed by atoms with Gasteiger partial charge in [0.15, 0.2) is 5.82 Å². The highest BCUT2D eigenvalue weighted by molar-refractivity contribution is 5.91. The van der Waals surface area contributed by atoms with Gasteiger partial charge in [-0.3, -0.25) is 4.79 Å². The molecule has 2 aromatic heterocycles. The molecule has 2 aliphatic rings. The van der Waals surface area contributed by atoms with Crippen LogP contribution in [0, 0.1) is 11.8 Å². The van der Waals surface area contributed by atoms with Gasteiger partial charge in [-0.1, -0.05) is 24.0 Å². The summed E-state index contributed by atoms with van der Waals surface area (Å²) < 4.78 is 0. The first-order valence-electron chi connectivity index (χ1n) is 11.2. The number of nitrogen functional groups attached to an aromatic ring is 1. The van der Waals surface area contributed by atoms with Crippen molar-refractivity contribution in [2.75, 3.05) is 32.4 Å². The van der Waals surface area contributed by atoms with Crippen LogP contribution < -0.4 is 11.1 Å². The first kappa shape index (κ1) is 21.3. The maximum absolute atomic E-state index is 12.2. The number of fused-ring (bicyclic) bond motifs is 1. The van der Waals surface area contributed by atoms with Gasteiger partial charge in [0.05, 0.1) is 11.2 Å². The van der Waals surface area contributed by atoms with Gasteiger partial charge in [0.2, 0.25) is 5.60 Å². The Balaban J connectivity index is 1.56. The Morgan fingerprint density at radius 2 is 2.03 bits per heavy atom. The second-order valence-electron chi connectivity index (χ2n) is 8.74. The van der Waals surface area contributed by atoms with Gasteiger partial charge in [-0.15, -0.1) is 0 Å². The number of aliphatic hydroxyl groups is 1. The van der Waals surface area contributed by atoms with Crippen LogP contribution in [0.25, 0.3) is 22.3 Å². The topological polar surface area (TPSA) is 117 Å². The Bertz CT molecular complexity index is 1290. The number of nitrogens with one attached hydrogen (secondary N) is 1. The van der Waals surface area contributed by atoms with Crippen molar-refractivity contribution in [2.24, 2.45) is 0 Å². The van der Waals surface area contributed by atoms with Crippen molar-refractivity contribution in [3.8, 4) is 23.1 Å². The van der Waals surface area contributed by atoms with E-state index in [9.17, 15) is 9.90 Å². The molecule has 0 bridgehead atoms. The lowest BCUT2D eigenvalue weighted by Gasteiger charge is -2.24. The minimum atomic E-state index is -1.63. The van der Waals surface area contributed by atoms with Crippen molar-refractivity contribution >= 4 is 22.8 Å². The second kappa shape index (κ2) is 8.43. The van der Waals surface area contributed by atoms with Crippen molar-refractivity contribution < 1.29 is 9.90 Å². The van der Waals surface area contributed by atoms with Crippen LogP contribution in [-0.2, 0) is 4.79 Å². The van der Waals surface area contributed by atoms with E-state index in [1.165, 1.54) is 11.2 Å². The Morgan fingerprint density at radius 1 is 1.21 bits per heavy atom. The fraction of sp³-hybridized carbons (Fsp3) is 0.360. The number of aromatic nitrogens is 3. The molecular formula is C25H26N6O2. The quantitative estimate of drug-likeness (QED) is 0.517. The number of hydrogen-bond acceptors (Lipinski definition) is 7. The average molecular weight is 443 g/mol. The smallest absolute Gasteiger partial charge is 0.267 e. The van der Waals surface area contributed by atoms with Gasteiger partial charge in [-0.05, 0) is 55.6 Å². The van der Waals surface area contributed by atoms with E-state index < -0.39 is 5.60 Å². The molecule has 4 heterocycles. The van der Waals surface area contributed by atoms with E-state index in [-0.39, 0.29) is 5.91 Å². The molecule has 2 fully saturated rings. The molecule has 168 valence electrons. The number of anilines is 1. The summed E-state index contributed by atoms with van der Waals surface area (Å²) in [6, 6.07) is 9.73. The standard InChI is InChI=1S/C25H26N6O2/c1-31-12-9-25(33,24(31)32)8-5-16-3-2-4-18(13-16)20-14-19(17-6-10-27-11-7-17)21-22(30-20)23(26)29-15-28-21/h2-4,13-15,17,27,33H,6-7,9-12H2,1H3,(H2,26,28,29)/t25-/m0/s1. The highest BCUT2D eigenvalue weighted by Gasteiger charge is 2.42. The van der Waals surface area contributed by atoms with Crippen molar-refractivity contribution in [2.45, 2.75) is 30.8 Å². The Labute approximate surface area is 192 Å². The molecule has 0 radical (unpaired) electrons. The van der Waals surface area contributed by atoms with Crippen LogP contribution in [-0.4, -0.2) is 63.1 Å². The van der Waals surface area contributed by atoms with E-state index >= 15 is 0 Å². The third-order valence-electron chi connectivity index (χ3n) is 6.51. The van der Waals surface area contributed by atoms with E-state index in [0.29, 0.717) is 35.8 Å². The van der Waals surface area contributed by atoms with Gasteiger partial charge in [0.25, 0.3) is 5.91 Å². The molecule has 1 atom stereocenters. The second-order valence-corrected chi connectivity index (χ2v) is 8.74. The normalized spacial score (nSPS) is 21.3. The van der Waals surface area contributed by atoms with E-state index in [1.54, 1.807) is 7.05 Å². The van der Waals surface area contributed by atoms with Crippen LogP contribution in [0.1, 0.15) is 36.3 Å². The SMILES string of the molecule is CN1CC[C@@](O)(C#Cc2cccc(-c3cc(C4CCNCC4)c4ncnc(N)c4n3)c2)C1=O. The first-order chi connectivity index (χ1) is 15.9. The van der Waals surface area contributed by atoms with Crippen molar-refractivity contribution in [1.29, 1.82) is 0 Å². The number of piperidine rings is 1. The zero-order chi connectivity index (χ0) is 23.0. The number of likely N-dealkylation sites (N-methyl/N-ethyl adjacent to an activating group) is 1. The largest absolute Gasteiger partial charge is 0.382 e. The Hall–Kier alpha value is -3.54. The molecule has 3 aromatic rings. The summed E-state index contributed by atoms with van der Waals surface area (Å²) in [5.74, 6) is 6.13. The molecule has 1 amide bonds. The number of hydrogen-bond donors (Lipinski definition) is 3. The highest BCUT2D eigenvalue weighted by Crippen LogP contribution is 2.34. The monoisotopic (exact) mass is 442 g/mol. The number of rotatable bonds is 2. The minimum Gasteiger partial charge on any atom is -0.382 e. The van der Waals surface area contributed by atoms with Crippen LogP contribution in [0.15, 0.2) is 36.7 Å². The molecule has 0 saturated carbocycles. The third-order valence-corrected chi connectivity index (χ3v) is 6.51. The summed E-state index contributed by atoms with van der Waals surface area (Å²) in [5.41, 5.74) is 9.45. The number of likely N-dealkylation sites (tertiary alicyclic amines) is 1. The molecule has 5 rings (SSSR count). The zero-order valence-electron chi connectivity index (χ0n) is 18.5. The molecule has 8 heteroatoms. The van der Waals surface area contributed by atoms with Gasteiger partial charge in [0, 0.05) is 31.1 Å². The number of carbonyl (C=O) groups is 1. The fourth-order valence-electron chi connectivity index (χ4n) is 4.58. The zero-order valence-corrected chi connectivity index (χ0v) is 18.5. The third kappa shape index (κ3) is 4.01. The predicted molar refractivity (Wildman–Crippen MR) is 126 cm³/mol. The van der Waals surface area contributed by atoms with Gasteiger partial charge in [-0.2, -0.15) is 0 Å². The minimum absolute atomic E-state index is 0.306. The number of pyridine rings is 1. The number of benzene rings is 1. The van der Waals surface area contributed by atoms with Crippen LogP contribution in [0.5, 0.6) is 0 Å². The van der Waals surface area contributed by atoms with Crippen LogP contribution >= 0.6 is 0 Å². The molecule has 0 spiro atoms. The van der Waals surface area contributed by atoms with E-state index in [1.807, 2.05) is 24.3 Å². The van der Waals surface area contributed by atoms with Gasteiger partial charge < -0.3 is 21.1 Å². The summed E-state index contributed by atoms with van der Waals surface area (Å²) in [6.45, 7) is 2.42. The van der Waals surface area contributed by atoms with Gasteiger partial charge >= 0.3 is 0 Å². The lowest BCUT2D eigenvalue weighted by molar-refractivity contribution is -0.137. The lowest BCUT2D eigenvalue weighted by Crippen LogP contribution is -2.37. The molecule has 4 N–H and O–H groups in total. The van der Waals surface area contributed by atoms with E-state index in [2.05, 4.69) is 33.2 Å². The maximum Gasteiger partial charge on any atom is 0.267 e. The molecule has 2 aliphatic heterocycles. The molecular weight excluding hydrogens is 416 g/mol. The van der Waals surface area contributed by atoms with Crippen LogP contribution in [0.4, 0.5) is 5.82 Å². The molecule has 8 nitrogen and oxygen atoms in total. The summed E-state index contributed by atoms with van der Waals surface area (Å²) in [6.07, 6.45) is 3.84. The molecule has 2 saturated heterocycles. The predicted octanol–water partition coefficient (Wildman–Crippen LogP) is 1.69. The maximum atomic E-state index is 12.2. The highest BCUT2D eigenvalue weighted by atomic mass is 16.3. The van der Waals surface area contributed by atoms with Gasteiger partial charge in [-0.25, -0.2) is 15.0 Å². The van der Waals surface area contributed by atoms with Crippen LogP contribution in [0.3, 0.4) is 0 Å². The van der Waals surface area contributed by atoms with Crippen LogP contribution in [0.2, 0.25) is 0 Å². The lowest BCUT2D eigenvalue weighted by atomic mass is 9.88. The fourth-order valence-corrected chi connectivity index (χ4v) is 4.58. The van der Waals surface area contributed by atoms with Crippen molar-refractivity contribution in [3.05, 3.63) is 47.8 Å². The number of amides is 1. The molecule has 0 unspecified atom stereocenters. The summed E-state index contributed by atoms with van der Waals surface area (Å²) in [4.78, 5) is 27.2. The van der Waals surface area contributed by atoms with Gasteiger partial charge in [0.1, 0.15) is 11.8 Å². The number of nitrogens with zero attached hydrogens (tertiary/aromatic N) is 4. The van der Waals surface area contributed by atoms with Crippen molar-refractivity contribution in [3.63, 3.8) is 0 Å². The Morgan fingerprint density at radius 3 is 2.79 bits per heavy atom. The van der Waals surface area contributed by atoms with E-state index in [4.69, 9.17) is 10.7 Å². The molecule has 0 aliphatic carbocycles. The Kier molecular flexibility index (Phi) is 5.44. The first-order valence-corrected chi connectivity index (χ1v) is 11.2. The summed E-state index contributed by atoms with van der Waals surface area (Å²) >= 11 is 0. The van der Waals surface area contributed by atoms with Crippen molar-refractivity contribution in [1.82, 2.24) is 25.2 Å². The number of carbonyl (C=O) groups excluding carboxylic acids is 1. The molecule has 1 aromatic carbocycles. The average Bonchev–Trinajstić information content (AvgIpc) is 3.11. The summed E-state index contributed by atoms with van der Waals surface area (Å²) in [7, 11) is 1.67. The van der Waals surface area contributed by atoms with E-state index in [0.717, 1.165) is 48.3 Å². The number of nitrogens with two attached hydrogens (primary N) is 1.